The summed E-state index contributed by atoms with van der Waals surface area (Å²) in [5.74, 6) is 0. The fraction of sp³-hybridized carbons (Fsp3) is 0.214. The van der Waals surface area contributed by atoms with Crippen molar-refractivity contribution in [1.29, 1.82) is 0 Å². The maximum Gasteiger partial charge on any atom is 0.101 e. The first kappa shape index (κ1) is 12.1. The zero-order valence-corrected chi connectivity index (χ0v) is 10.5. The van der Waals surface area contributed by atoms with Crippen molar-refractivity contribution >= 4 is 11.8 Å². The average molecular weight is 245 g/mol. The molecule has 0 bridgehead atoms. The van der Waals surface area contributed by atoms with Gasteiger partial charge in [0, 0.05) is 11.1 Å². The summed E-state index contributed by atoms with van der Waals surface area (Å²) in [6.45, 7) is 1.97. The van der Waals surface area contributed by atoms with Crippen LogP contribution in [0.4, 0.5) is 0 Å². The van der Waals surface area contributed by atoms with Crippen molar-refractivity contribution in [3.8, 4) is 0 Å². The summed E-state index contributed by atoms with van der Waals surface area (Å²) in [5, 5.41) is 10.7. The lowest BCUT2D eigenvalue weighted by molar-refractivity contribution is 0.173. The zero-order chi connectivity index (χ0) is 12.1. The van der Waals surface area contributed by atoms with Gasteiger partial charge in [0.15, 0.2) is 0 Å². The van der Waals surface area contributed by atoms with Gasteiger partial charge in [-0.1, -0.05) is 36.9 Å². The lowest BCUT2D eigenvalue weighted by Gasteiger charge is -2.08. The van der Waals surface area contributed by atoms with Crippen LogP contribution < -0.4 is 0 Å². The summed E-state index contributed by atoms with van der Waals surface area (Å²) in [6.07, 6.45) is 2.17. The molecule has 1 aromatic heterocycles. The SMILES string of the molecule is CC[C@H](O)c1ccc(Sc2ccccn2)cc1. The normalized spacial score (nSPS) is 12.4. The highest BCUT2D eigenvalue weighted by molar-refractivity contribution is 7.99. The van der Waals surface area contributed by atoms with Gasteiger partial charge < -0.3 is 5.11 Å². The quantitative estimate of drug-likeness (QED) is 0.892. The van der Waals surface area contributed by atoms with E-state index in [0.717, 1.165) is 21.9 Å². The molecule has 0 spiro atoms. The van der Waals surface area contributed by atoms with Crippen LogP contribution in [0.15, 0.2) is 58.6 Å². The lowest BCUT2D eigenvalue weighted by atomic mass is 10.1. The van der Waals surface area contributed by atoms with Crippen molar-refractivity contribution in [3.63, 3.8) is 0 Å². The number of aliphatic hydroxyl groups is 1. The first-order chi connectivity index (χ1) is 8.29. The number of rotatable bonds is 4. The Kier molecular flexibility index (Phi) is 4.18. The van der Waals surface area contributed by atoms with E-state index in [1.54, 1.807) is 18.0 Å². The molecule has 0 amide bonds. The van der Waals surface area contributed by atoms with Crippen molar-refractivity contribution < 1.29 is 5.11 Å². The summed E-state index contributed by atoms with van der Waals surface area (Å²) in [7, 11) is 0. The third-order valence-corrected chi connectivity index (χ3v) is 3.47. The average Bonchev–Trinajstić information content (AvgIpc) is 2.40. The molecule has 17 heavy (non-hydrogen) atoms. The second-order valence-electron chi connectivity index (χ2n) is 3.76. The Morgan fingerprint density at radius 3 is 2.53 bits per heavy atom. The standard InChI is InChI=1S/C14H15NOS/c1-2-13(16)11-6-8-12(9-7-11)17-14-5-3-4-10-15-14/h3-10,13,16H,2H2,1H3/t13-/m0/s1. The van der Waals surface area contributed by atoms with Crippen molar-refractivity contribution in [2.75, 3.05) is 0 Å². The third kappa shape index (κ3) is 3.32. The van der Waals surface area contributed by atoms with E-state index < -0.39 is 0 Å². The van der Waals surface area contributed by atoms with E-state index in [1.165, 1.54) is 0 Å². The molecule has 3 heteroatoms. The molecular formula is C14H15NOS. The van der Waals surface area contributed by atoms with Gasteiger partial charge in [-0.15, -0.1) is 0 Å². The minimum atomic E-state index is -0.357. The summed E-state index contributed by atoms with van der Waals surface area (Å²) >= 11 is 1.62. The minimum absolute atomic E-state index is 0.357. The smallest absolute Gasteiger partial charge is 0.101 e. The maximum atomic E-state index is 9.69. The van der Waals surface area contributed by atoms with E-state index in [2.05, 4.69) is 4.98 Å². The number of pyridine rings is 1. The van der Waals surface area contributed by atoms with Crippen LogP contribution >= 0.6 is 11.8 Å². The van der Waals surface area contributed by atoms with Crippen LogP contribution in [0.3, 0.4) is 0 Å². The van der Waals surface area contributed by atoms with Crippen molar-refractivity contribution in [2.45, 2.75) is 29.4 Å². The molecule has 2 rings (SSSR count). The summed E-state index contributed by atoms with van der Waals surface area (Å²) in [4.78, 5) is 5.40. The van der Waals surface area contributed by atoms with Gasteiger partial charge in [0.05, 0.1) is 6.10 Å². The van der Waals surface area contributed by atoms with Crippen LogP contribution in [0, 0.1) is 0 Å². The highest BCUT2D eigenvalue weighted by Crippen LogP contribution is 2.27. The van der Waals surface area contributed by atoms with E-state index in [0.29, 0.717) is 0 Å². The molecule has 1 aromatic carbocycles. The molecule has 0 fully saturated rings. The van der Waals surface area contributed by atoms with Gasteiger partial charge in [-0.25, -0.2) is 4.98 Å². The zero-order valence-electron chi connectivity index (χ0n) is 9.71. The summed E-state index contributed by atoms with van der Waals surface area (Å²) in [6, 6.07) is 13.9. The van der Waals surface area contributed by atoms with Crippen LogP contribution in [0.25, 0.3) is 0 Å². The molecule has 0 saturated carbocycles. The molecule has 0 saturated heterocycles. The molecule has 0 aliphatic carbocycles. The molecule has 1 heterocycles. The first-order valence-electron chi connectivity index (χ1n) is 5.66. The lowest BCUT2D eigenvalue weighted by Crippen LogP contribution is -1.94. The highest BCUT2D eigenvalue weighted by Gasteiger charge is 2.04. The largest absolute Gasteiger partial charge is 0.388 e. The summed E-state index contributed by atoms with van der Waals surface area (Å²) < 4.78 is 0. The van der Waals surface area contributed by atoms with Gasteiger partial charge in [0.1, 0.15) is 5.03 Å². The van der Waals surface area contributed by atoms with Crippen LogP contribution in [0.1, 0.15) is 25.0 Å². The Balaban J connectivity index is 2.08. The van der Waals surface area contributed by atoms with Crippen molar-refractivity contribution in [2.24, 2.45) is 0 Å². The Morgan fingerprint density at radius 1 is 1.18 bits per heavy atom. The molecule has 1 N–H and O–H groups in total. The Morgan fingerprint density at radius 2 is 1.94 bits per heavy atom. The van der Waals surface area contributed by atoms with Crippen LogP contribution in [0.2, 0.25) is 0 Å². The molecule has 0 unspecified atom stereocenters. The molecular weight excluding hydrogens is 230 g/mol. The maximum absolute atomic E-state index is 9.69. The molecule has 88 valence electrons. The van der Waals surface area contributed by atoms with E-state index in [9.17, 15) is 5.11 Å². The van der Waals surface area contributed by atoms with E-state index in [-0.39, 0.29) is 6.10 Å². The second-order valence-corrected chi connectivity index (χ2v) is 4.86. The van der Waals surface area contributed by atoms with Crippen LogP contribution in [0.5, 0.6) is 0 Å². The van der Waals surface area contributed by atoms with Gasteiger partial charge in [0.25, 0.3) is 0 Å². The number of aromatic nitrogens is 1. The van der Waals surface area contributed by atoms with Crippen molar-refractivity contribution in [1.82, 2.24) is 4.98 Å². The van der Waals surface area contributed by atoms with Crippen molar-refractivity contribution in [3.05, 3.63) is 54.2 Å². The van der Waals surface area contributed by atoms with Gasteiger partial charge in [0.2, 0.25) is 0 Å². The monoisotopic (exact) mass is 245 g/mol. The first-order valence-corrected chi connectivity index (χ1v) is 6.48. The molecule has 0 aliphatic rings. The van der Waals surface area contributed by atoms with Gasteiger partial charge in [-0.05, 0) is 36.2 Å². The molecule has 1 atom stereocenters. The predicted molar refractivity (Wildman–Crippen MR) is 70.1 cm³/mol. The van der Waals surface area contributed by atoms with Crippen LogP contribution in [-0.4, -0.2) is 10.1 Å². The molecule has 0 aliphatic heterocycles. The van der Waals surface area contributed by atoms with Gasteiger partial charge in [-0.2, -0.15) is 0 Å². The van der Waals surface area contributed by atoms with Crippen LogP contribution in [-0.2, 0) is 0 Å². The fourth-order valence-electron chi connectivity index (χ4n) is 1.52. The highest BCUT2D eigenvalue weighted by atomic mass is 32.2. The predicted octanol–water partition coefficient (Wildman–Crippen LogP) is 3.68. The Hall–Kier alpha value is -1.32. The van der Waals surface area contributed by atoms with E-state index in [4.69, 9.17) is 0 Å². The number of hydrogen-bond donors (Lipinski definition) is 1. The number of nitrogens with zero attached hydrogens (tertiary/aromatic N) is 1. The van der Waals surface area contributed by atoms with E-state index >= 15 is 0 Å². The third-order valence-electron chi connectivity index (χ3n) is 2.51. The molecule has 2 nitrogen and oxygen atoms in total. The summed E-state index contributed by atoms with van der Waals surface area (Å²) in [5.41, 5.74) is 0.970. The topological polar surface area (TPSA) is 33.1 Å². The number of hydrogen-bond acceptors (Lipinski definition) is 3. The Labute approximate surface area is 106 Å². The van der Waals surface area contributed by atoms with Gasteiger partial charge in [-0.3, -0.25) is 0 Å². The Bertz CT molecular complexity index is 455. The molecule has 2 aromatic rings. The van der Waals surface area contributed by atoms with E-state index in [1.807, 2.05) is 49.4 Å². The van der Waals surface area contributed by atoms with Gasteiger partial charge >= 0.3 is 0 Å². The second kappa shape index (κ2) is 5.84. The fourth-order valence-corrected chi connectivity index (χ4v) is 2.30. The number of aliphatic hydroxyl groups excluding tert-OH is 1. The molecule has 0 radical (unpaired) electrons. The minimum Gasteiger partial charge on any atom is -0.388 e. The number of benzene rings is 1.